The van der Waals surface area contributed by atoms with E-state index in [0.717, 1.165) is 24.8 Å². The van der Waals surface area contributed by atoms with E-state index in [1.54, 1.807) is 19.1 Å². The molecule has 2 atom stereocenters. The molecule has 0 spiro atoms. The number of carbonyl (C=O) groups excluding carboxylic acids is 2. The number of halogens is 1. The quantitative estimate of drug-likeness (QED) is 0.789. The van der Waals surface area contributed by atoms with Gasteiger partial charge in [0.1, 0.15) is 5.82 Å². The summed E-state index contributed by atoms with van der Waals surface area (Å²) in [5, 5.41) is 2.86. The zero-order valence-corrected chi connectivity index (χ0v) is 16.0. The van der Waals surface area contributed by atoms with Gasteiger partial charge in [0, 0.05) is 0 Å². The van der Waals surface area contributed by atoms with Crippen LogP contribution in [0.4, 0.5) is 4.39 Å². The zero-order valence-electron chi connectivity index (χ0n) is 16.0. The number of amides is 1. The molecule has 4 nitrogen and oxygen atoms in total. The fraction of sp³-hybridized carbons (Fsp3) is 0.636. The lowest BCUT2D eigenvalue weighted by molar-refractivity contribution is -0.178. The molecule has 4 saturated carbocycles. The van der Waals surface area contributed by atoms with Gasteiger partial charge in [0.2, 0.25) is 0 Å². The Balaban J connectivity index is 1.35. The summed E-state index contributed by atoms with van der Waals surface area (Å²) in [6.07, 6.45) is 5.75. The van der Waals surface area contributed by atoms with Crippen LogP contribution in [0, 0.1) is 29.0 Å². The van der Waals surface area contributed by atoms with Crippen molar-refractivity contribution in [1.29, 1.82) is 0 Å². The summed E-state index contributed by atoms with van der Waals surface area (Å²) in [5.74, 6) is 1.17. The summed E-state index contributed by atoms with van der Waals surface area (Å²) in [5.41, 5.74) is 0.454. The van der Waals surface area contributed by atoms with Crippen LogP contribution >= 0.6 is 0 Å². The fourth-order valence-electron chi connectivity index (χ4n) is 5.87. The minimum Gasteiger partial charge on any atom is -0.452 e. The van der Waals surface area contributed by atoms with Crippen molar-refractivity contribution in [2.24, 2.45) is 23.2 Å². The maximum absolute atomic E-state index is 13.0. The third kappa shape index (κ3) is 3.61. The normalized spacial score (nSPS) is 33.4. The van der Waals surface area contributed by atoms with Crippen LogP contribution in [-0.4, -0.2) is 18.0 Å². The monoisotopic (exact) mass is 373 g/mol. The molecule has 0 heterocycles. The molecule has 1 aromatic rings. The highest BCUT2D eigenvalue weighted by Gasteiger charge is 2.55. The van der Waals surface area contributed by atoms with Gasteiger partial charge in [-0.3, -0.25) is 9.59 Å². The third-order valence-corrected chi connectivity index (χ3v) is 6.85. The van der Waals surface area contributed by atoms with Crippen LogP contribution in [0.5, 0.6) is 0 Å². The van der Waals surface area contributed by atoms with Crippen LogP contribution < -0.4 is 5.32 Å². The number of carbonyl (C=O) groups is 2. The van der Waals surface area contributed by atoms with Gasteiger partial charge in [-0.05, 0) is 87.8 Å². The van der Waals surface area contributed by atoms with Crippen LogP contribution in [0.15, 0.2) is 24.3 Å². The van der Waals surface area contributed by atoms with Crippen molar-refractivity contribution >= 4 is 11.9 Å². The number of rotatable bonds is 5. The predicted octanol–water partition coefficient (Wildman–Crippen LogP) is 4.15. The van der Waals surface area contributed by atoms with E-state index in [2.05, 4.69) is 5.32 Å². The maximum atomic E-state index is 13.0. The molecule has 27 heavy (non-hydrogen) atoms. The largest absolute Gasteiger partial charge is 0.452 e. The molecule has 4 fully saturated rings. The van der Waals surface area contributed by atoms with Crippen molar-refractivity contribution in [3.63, 3.8) is 0 Å². The smallest absolute Gasteiger partial charge is 0.312 e. The summed E-state index contributed by atoms with van der Waals surface area (Å²) >= 11 is 0. The SMILES string of the molecule is CC(OC(=O)C12CC3CC(CC(C3)C1)C2)C(=O)NC(C)c1ccc(F)cc1. The second-order valence-corrected chi connectivity index (χ2v) is 9.03. The van der Waals surface area contributed by atoms with Gasteiger partial charge in [-0.25, -0.2) is 4.39 Å². The fourth-order valence-corrected chi connectivity index (χ4v) is 5.87. The van der Waals surface area contributed by atoms with Crippen molar-refractivity contribution < 1.29 is 18.7 Å². The molecule has 0 saturated heterocycles. The first-order chi connectivity index (χ1) is 12.8. The molecule has 0 aliphatic heterocycles. The highest BCUT2D eigenvalue weighted by Crippen LogP contribution is 2.60. The number of benzene rings is 1. The van der Waals surface area contributed by atoms with Gasteiger partial charge < -0.3 is 10.1 Å². The van der Waals surface area contributed by atoms with Gasteiger partial charge >= 0.3 is 5.97 Å². The average Bonchev–Trinajstić information content (AvgIpc) is 2.60. The summed E-state index contributed by atoms with van der Waals surface area (Å²) in [6, 6.07) is 5.75. The number of ether oxygens (including phenoxy) is 1. The zero-order chi connectivity index (χ0) is 19.2. The summed E-state index contributed by atoms with van der Waals surface area (Å²) < 4.78 is 18.7. The van der Waals surface area contributed by atoms with Crippen LogP contribution in [0.1, 0.15) is 64.0 Å². The van der Waals surface area contributed by atoms with E-state index < -0.39 is 6.10 Å². The lowest BCUT2D eigenvalue weighted by Gasteiger charge is -2.55. The standard InChI is InChI=1S/C22H28FNO3/c1-13(18-3-5-19(23)6-4-18)24-20(25)14(2)27-21(26)22-10-15-7-16(11-22)9-17(8-15)12-22/h3-6,13-17H,7-12H2,1-2H3,(H,24,25). The van der Waals surface area contributed by atoms with Crippen LogP contribution in [0.3, 0.4) is 0 Å². The molecule has 4 bridgehead atoms. The topological polar surface area (TPSA) is 55.4 Å². The van der Waals surface area contributed by atoms with E-state index in [1.165, 1.54) is 31.4 Å². The molecule has 0 radical (unpaired) electrons. The van der Waals surface area contributed by atoms with Crippen molar-refractivity contribution in [3.8, 4) is 0 Å². The molecular weight excluding hydrogens is 345 g/mol. The molecule has 1 amide bonds. The first-order valence-electron chi connectivity index (χ1n) is 10.1. The lowest BCUT2D eigenvalue weighted by Crippen LogP contribution is -2.51. The molecule has 4 aliphatic carbocycles. The minimum absolute atomic E-state index is 0.182. The van der Waals surface area contributed by atoms with E-state index in [-0.39, 0.29) is 29.2 Å². The van der Waals surface area contributed by atoms with Gasteiger partial charge in [0.15, 0.2) is 6.10 Å². The summed E-state index contributed by atoms with van der Waals surface area (Å²) in [6.45, 7) is 3.46. The third-order valence-electron chi connectivity index (χ3n) is 6.85. The molecule has 2 unspecified atom stereocenters. The van der Waals surface area contributed by atoms with E-state index in [0.29, 0.717) is 17.8 Å². The first-order valence-corrected chi connectivity index (χ1v) is 10.1. The number of esters is 1. The van der Waals surface area contributed by atoms with E-state index in [1.807, 2.05) is 6.92 Å². The first kappa shape index (κ1) is 18.5. The molecule has 4 aliphatic rings. The van der Waals surface area contributed by atoms with Crippen molar-refractivity contribution in [1.82, 2.24) is 5.32 Å². The Morgan fingerprint density at radius 1 is 1.04 bits per heavy atom. The van der Waals surface area contributed by atoms with Crippen LogP contribution in [0.25, 0.3) is 0 Å². The Morgan fingerprint density at radius 2 is 1.56 bits per heavy atom. The second-order valence-electron chi connectivity index (χ2n) is 9.03. The van der Waals surface area contributed by atoms with Gasteiger partial charge in [0.25, 0.3) is 5.91 Å². The molecular formula is C22H28FNO3. The Bertz CT molecular complexity index is 694. The Kier molecular flexibility index (Phi) is 4.73. The number of hydrogen-bond acceptors (Lipinski definition) is 3. The van der Waals surface area contributed by atoms with Crippen LogP contribution in [0.2, 0.25) is 0 Å². The molecule has 0 aromatic heterocycles. The minimum atomic E-state index is -0.826. The predicted molar refractivity (Wildman–Crippen MR) is 99.1 cm³/mol. The van der Waals surface area contributed by atoms with Crippen molar-refractivity contribution in [2.75, 3.05) is 0 Å². The highest BCUT2D eigenvalue weighted by molar-refractivity contribution is 5.85. The molecule has 1 aromatic carbocycles. The van der Waals surface area contributed by atoms with E-state index >= 15 is 0 Å². The molecule has 146 valence electrons. The molecule has 5 rings (SSSR count). The van der Waals surface area contributed by atoms with E-state index in [4.69, 9.17) is 4.74 Å². The Hall–Kier alpha value is -1.91. The van der Waals surface area contributed by atoms with Crippen molar-refractivity contribution in [3.05, 3.63) is 35.6 Å². The van der Waals surface area contributed by atoms with Gasteiger partial charge in [-0.15, -0.1) is 0 Å². The summed E-state index contributed by atoms with van der Waals surface area (Å²) in [7, 11) is 0. The highest BCUT2D eigenvalue weighted by atomic mass is 19.1. The van der Waals surface area contributed by atoms with Crippen molar-refractivity contribution in [2.45, 2.75) is 64.5 Å². The Labute approximate surface area is 159 Å². The number of nitrogens with one attached hydrogen (secondary N) is 1. The molecule has 1 N–H and O–H groups in total. The van der Waals surface area contributed by atoms with E-state index in [9.17, 15) is 14.0 Å². The average molecular weight is 373 g/mol. The van der Waals surface area contributed by atoms with Gasteiger partial charge in [0.05, 0.1) is 11.5 Å². The van der Waals surface area contributed by atoms with Gasteiger partial charge in [-0.1, -0.05) is 12.1 Å². The van der Waals surface area contributed by atoms with Crippen LogP contribution in [-0.2, 0) is 14.3 Å². The summed E-state index contributed by atoms with van der Waals surface area (Å²) in [4.78, 5) is 25.5. The molecule has 5 heteroatoms. The number of hydrogen-bond donors (Lipinski definition) is 1. The second kappa shape index (κ2) is 6.92. The Morgan fingerprint density at radius 3 is 2.07 bits per heavy atom. The lowest BCUT2D eigenvalue weighted by atomic mass is 9.49. The van der Waals surface area contributed by atoms with Gasteiger partial charge in [-0.2, -0.15) is 0 Å². The maximum Gasteiger partial charge on any atom is 0.312 e.